The molecule has 7 heteroatoms. The number of hydrazone groups is 2. The molecule has 0 fully saturated rings. The predicted molar refractivity (Wildman–Crippen MR) is 153 cm³/mol. The number of hydrogen-bond donors (Lipinski definition) is 1. The molecule has 0 radical (unpaired) electrons. The van der Waals surface area contributed by atoms with Crippen LogP contribution in [0.25, 0.3) is 0 Å². The first-order valence-corrected chi connectivity index (χ1v) is 12.9. The van der Waals surface area contributed by atoms with Gasteiger partial charge in [-0.15, -0.1) is 0 Å². The van der Waals surface area contributed by atoms with Crippen molar-refractivity contribution in [3.63, 3.8) is 0 Å². The molecule has 1 atom stereocenters. The van der Waals surface area contributed by atoms with Crippen molar-refractivity contribution in [2.45, 2.75) is 18.8 Å². The lowest BCUT2D eigenvalue weighted by Gasteiger charge is -2.46. The van der Waals surface area contributed by atoms with Crippen LogP contribution >= 0.6 is 11.8 Å². The van der Waals surface area contributed by atoms with Gasteiger partial charge in [0.15, 0.2) is 5.04 Å². The second-order valence-electron chi connectivity index (χ2n) is 8.96. The summed E-state index contributed by atoms with van der Waals surface area (Å²) < 4.78 is 0. The Kier molecular flexibility index (Phi) is 5.77. The molecule has 0 unspecified atom stereocenters. The topological polar surface area (TPSA) is 60.3 Å². The van der Waals surface area contributed by atoms with Crippen molar-refractivity contribution in [2.24, 2.45) is 10.2 Å². The molecule has 2 heterocycles. The van der Waals surface area contributed by atoms with Gasteiger partial charge in [0.25, 0.3) is 5.91 Å². The molecule has 0 saturated carbocycles. The number of nitrogens with one attached hydrogen (secondary N) is 1. The average molecular weight is 504 g/mol. The van der Waals surface area contributed by atoms with Gasteiger partial charge in [0.1, 0.15) is 0 Å². The standard InChI is InChI=1S/C30H25N5OS/c1-21-17-19-25(20-18-21)35-30(37-29(33-35)28(36)31-23-11-5-3-6-12-23)27-16-10-9-15-26(27)22(2)32-34(30)24-13-7-4-8-14-24/h3-20H,1-2H3,(H,31,36)/t30-/m0/s1. The third kappa shape index (κ3) is 3.97. The molecule has 6 nitrogen and oxygen atoms in total. The lowest BCUT2D eigenvalue weighted by Crippen LogP contribution is -2.53. The summed E-state index contributed by atoms with van der Waals surface area (Å²) in [5, 5.41) is 17.3. The first kappa shape index (κ1) is 23.1. The van der Waals surface area contributed by atoms with E-state index in [1.807, 2.05) is 102 Å². The number of nitrogens with zero attached hydrogens (tertiary/aromatic N) is 4. The van der Waals surface area contributed by atoms with E-state index in [-0.39, 0.29) is 5.91 Å². The fourth-order valence-electron chi connectivity index (χ4n) is 4.65. The Balaban J connectivity index is 1.54. The molecule has 37 heavy (non-hydrogen) atoms. The van der Waals surface area contributed by atoms with Gasteiger partial charge in [-0.25, -0.2) is 10.0 Å². The SMILES string of the molecule is CC1=NN(c2ccccc2)[C@@]2(SC(C(=O)Nc3ccccc3)=NN2c2ccc(C)cc2)c2ccccc21. The third-order valence-electron chi connectivity index (χ3n) is 6.43. The highest BCUT2D eigenvalue weighted by molar-refractivity contribution is 8.17. The molecule has 1 N–H and O–H groups in total. The molecule has 4 aromatic carbocycles. The van der Waals surface area contributed by atoms with Gasteiger partial charge >= 0.3 is 0 Å². The summed E-state index contributed by atoms with van der Waals surface area (Å²) in [7, 11) is 0. The number of thioether (sulfide) groups is 1. The predicted octanol–water partition coefficient (Wildman–Crippen LogP) is 6.56. The van der Waals surface area contributed by atoms with Gasteiger partial charge < -0.3 is 5.32 Å². The van der Waals surface area contributed by atoms with Crippen LogP contribution in [0.3, 0.4) is 0 Å². The summed E-state index contributed by atoms with van der Waals surface area (Å²) >= 11 is 1.40. The second kappa shape index (κ2) is 9.26. The molecule has 2 aliphatic rings. The molecule has 2 aliphatic heterocycles. The normalized spacial score (nSPS) is 18.3. The molecule has 1 amide bonds. The minimum absolute atomic E-state index is 0.262. The minimum atomic E-state index is -0.948. The van der Waals surface area contributed by atoms with Gasteiger partial charge in [0, 0.05) is 16.8 Å². The van der Waals surface area contributed by atoms with Crippen LogP contribution < -0.4 is 15.3 Å². The van der Waals surface area contributed by atoms with Crippen molar-refractivity contribution in [2.75, 3.05) is 15.3 Å². The van der Waals surface area contributed by atoms with Gasteiger partial charge in [-0.05, 0) is 62.0 Å². The van der Waals surface area contributed by atoms with Crippen molar-refractivity contribution in [3.05, 3.63) is 126 Å². The van der Waals surface area contributed by atoms with Crippen LogP contribution in [0.2, 0.25) is 0 Å². The highest BCUT2D eigenvalue weighted by atomic mass is 32.2. The Labute approximate surface area is 220 Å². The highest BCUT2D eigenvalue weighted by Crippen LogP contribution is 2.54. The summed E-state index contributed by atoms with van der Waals surface area (Å²) in [5.41, 5.74) is 6.58. The molecular formula is C30H25N5OS. The Morgan fingerprint density at radius 3 is 2.05 bits per heavy atom. The van der Waals surface area contributed by atoms with E-state index in [2.05, 4.69) is 36.5 Å². The zero-order chi connectivity index (χ0) is 25.4. The summed E-state index contributed by atoms with van der Waals surface area (Å²) in [5.74, 6) is -0.262. The van der Waals surface area contributed by atoms with Crippen molar-refractivity contribution in [3.8, 4) is 0 Å². The molecule has 4 aromatic rings. The van der Waals surface area contributed by atoms with Gasteiger partial charge in [-0.1, -0.05) is 78.4 Å². The Bertz CT molecular complexity index is 1520. The second-order valence-corrected chi connectivity index (χ2v) is 10.1. The van der Waals surface area contributed by atoms with Crippen molar-refractivity contribution < 1.29 is 4.79 Å². The molecule has 0 saturated heterocycles. The van der Waals surface area contributed by atoms with Crippen LogP contribution in [0.4, 0.5) is 17.1 Å². The largest absolute Gasteiger partial charge is 0.320 e. The molecule has 0 aromatic heterocycles. The fraction of sp³-hybridized carbons (Fsp3) is 0.100. The maximum Gasteiger partial charge on any atom is 0.282 e. The quantitative estimate of drug-likeness (QED) is 0.343. The molecule has 0 bridgehead atoms. The van der Waals surface area contributed by atoms with E-state index in [4.69, 9.17) is 10.2 Å². The minimum Gasteiger partial charge on any atom is -0.320 e. The third-order valence-corrected chi connectivity index (χ3v) is 7.74. The van der Waals surface area contributed by atoms with E-state index >= 15 is 0 Å². The average Bonchev–Trinajstić information content (AvgIpc) is 3.34. The van der Waals surface area contributed by atoms with E-state index in [1.54, 1.807) is 0 Å². The monoisotopic (exact) mass is 503 g/mol. The maximum atomic E-state index is 13.5. The van der Waals surface area contributed by atoms with Crippen LogP contribution in [0, 0.1) is 6.92 Å². The summed E-state index contributed by atoms with van der Waals surface area (Å²) in [6, 6.07) is 35.9. The summed E-state index contributed by atoms with van der Waals surface area (Å²) in [6.45, 7) is 4.07. The first-order valence-electron chi connectivity index (χ1n) is 12.1. The van der Waals surface area contributed by atoms with Crippen molar-refractivity contribution in [1.29, 1.82) is 0 Å². The van der Waals surface area contributed by atoms with Crippen molar-refractivity contribution >= 4 is 45.5 Å². The molecule has 182 valence electrons. The van der Waals surface area contributed by atoms with Gasteiger partial charge in [-0.3, -0.25) is 4.79 Å². The number of hydrogen-bond acceptors (Lipinski definition) is 6. The number of carbonyl (C=O) groups excluding carboxylic acids is 1. The number of para-hydroxylation sites is 2. The molecule has 1 spiro atoms. The van der Waals surface area contributed by atoms with Crippen LogP contribution in [-0.2, 0) is 9.79 Å². The zero-order valence-corrected chi connectivity index (χ0v) is 21.3. The lowest BCUT2D eigenvalue weighted by atomic mass is 9.98. The Morgan fingerprint density at radius 1 is 0.730 bits per heavy atom. The smallest absolute Gasteiger partial charge is 0.282 e. The van der Waals surface area contributed by atoms with Crippen molar-refractivity contribution in [1.82, 2.24) is 0 Å². The highest BCUT2D eigenvalue weighted by Gasteiger charge is 2.55. The summed E-state index contributed by atoms with van der Waals surface area (Å²) in [6.07, 6.45) is 0. The van der Waals surface area contributed by atoms with Crippen LogP contribution in [-0.4, -0.2) is 16.7 Å². The van der Waals surface area contributed by atoms with Crippen LogP contribution in [0.1, 0.15) is 23.6 Å². The van der Waals surface area contributed by atoms with E-state index in [1.165, 1.54) is 11.8 Å². The van der Waals surface area contributed by atoms with Crippen LogP contribution in [0.15, 0.2) is 119 Å². The van der Waals surface area contributed by atoms with Gasteiger partial charge in [0.05, 0.1) is 17.1 Å². The molecule has 0 aliphatic carbocycles. The zero-order valence-electron chi connectivity index (χ0n) is 20.5. The molecular weight excluding hydrogens is 478 g/mol. The lowest BCUT2D eigenvalue weighted by molar-refractivity contribution is -0.110. The van der Waals surface area contributed by atoms with E-state index in [9.17, 15) is 4.79 Å². The fourth-order valence-corrected chi connectivity index (χ4v) is 5.94. The molecule has 6 rings (SSSR count). The van der Waals surface area contributed by atoms with Gasteiger partial charge in [0.2, 0.25) is 4.99 Å². The number of rotatable bonds is 4. The Hall–Kier alpha value is -4.36. The van der Waals surface area contributed by atoms with Crippen LogP contribution in [0.5, 0.6) is 0 Å². The number of anilines is 3. The number of aryl methyl sites for hydroxylation is 1. The number of benzene rings is 4. The van der Waals surface area contributed by atoms with E-state index < -0.39 is 4.99 Å². The number of amides is 1. The Morgan fingerprint density at radius 2 is 1.32 bits per heavy atom. The maximum absolute atomic E-state index is 13.5. The van der Waals surface area contributed by atoms with E-state index in [0.29, 0.717) is 5.04 Å². The first-order chi connectivity index (χ1) is 18.1. The van der Waals surface area contributed by atoms with E-state index in [0.717, 1.165) is 39.5 Å². The van der Waals surface area contributed by atoms with Gasteiger partial charge in [-0.2, -0.15) is 10.2 Å². The number of fused-ring (bicyclic) bond motifs is 2. The summed E-state index contributed by atoms with van der Waals surface area (Å²) in [4.78, 5) is 12.6. The number of carbonyl (C=O) groups is 1.